The third-order valence-electron chi connectivity index (χ3n) is 3.90. The zero-order valence-electron chi connectivity index (χ0n) is 13.0. The fourth-order valence-corrected chi connectivity index (χ4v) is 2.74. The van der Waals surface area contributed by atoms with Crippen LogP contribution in [-0.4, -0.2) is 15.2 Å². The van der Waals surface area contributed by atoms with Gasteiger partial charge < -0.3 is 5.73 Å². The Bertz CT molecular complexity index is 1000. The van der Waals surface area contributed by atoms with Gasteiger partial charge in [-0.25, -0.2) is 4.98 Å². The van der Waals surface area contributed by atoms with Crippen LogP contribution in [-0.2, 0) is 0 Å². The van der Waals surface area contributed by atoms with Crippen LogP contribution >= 0.6 is 0 Å². The number of pyridine rings is 1. The lowest BCUT2D eigenvalue weighted by molar-refractivity contribution is 1.10. The molecule has 0 fully saturated rings. The fourth-order valence-electron chi connectivity index (χ4n) is 2.74. The number of nitrogen functional groups attached to an aromatic ring is 1. The van der Waals surface area contributed by atoms with Gasteiger partial charge in [-0.2, -0.15) is 5.10 Å². The van der Waals surface area contributed by atoms with E-state index in [1.165, 1.54) is 0 Å². The summed E-state index contributed by atoms with van der Waals surface area (Å²) in [5.41, 5.74) is 10.8. The van der Waals surface area contributed by atoms with Gasteiger partial charge in [-0.3, -0.25) is 5.10 Å². The number of benzene rings is 2. The van der Waals surface area contributed by atoms with E-state index < -0.39 is 0 Å². The lowest BCUT2D eigenvalue weighted by atomic mass is 10.0. The SMILES string of the molecule is Nc1[nH]nc2nc(/C=C/c3ccccc3)cc(-c3ccccc3)c12. The minimum Gasteiger partial charge on any atom is -0.383 e. The van der Waals surface area contributed by atoms with Gasteiger partial charge in [-0.15, -0.1) is 0 Å². The van der Waals surface area contributed by atoms with E-state index in [0.29, 0.717) is 11.5 Å². The summed E-state index contributed by atoms with van der Waals surface area (Å²) in [6.07, 6.45) is 4.03. The molecule has 0 saturated carbocycles. The van der Waals surface area contributed by atoms with E-state index in [1.807, 2.05) is 54.6 Å². The maximum absolute atomic E-state index is 6.05. The molecule has 0 atom stereocenters. The molecule has 0 bridgehead atoms. The van der Waals surface area contributed by atoms with Crippen LogP contribution in [0.1, 0.15) is 11.3 Å². The molecule has 0 aliphatic carbocycles. The maximum atomic E-state index is 6.05. The number of aromatic nitrogens is 3. The van der Waals surface area contributed by atoms with Gasteiger partial charge in [-0.05, 0) is 28.8 Å². The number of nitrogens with one attached hydrogen (secondary N) is 1. The molecule has 0 unspecified atom stereocenters. The summed E-state index contributed by atoms with van der Waals surface area (Å²) in [5, 5.41) is 7.91. The summed E-state index contributed by atoms with van der Waals surface area (Å²) in [6, 6.07) is 22.3. The predicted octanol–water partition coefficient (Wildman–Crippen LogP) is 4.38. The zero-order chi connectivity index (χ0) is 16.4. The Morgan fingerprint density at radius 2 is 1.58 bits per heavy atom. The van der Waals surface area contributed by atoms with E-state index in [1.54, 1.807) is 0 Å². The number of anilines is 1. The summed E-state index contributed by atoms with van der Waals surface area (Å²) in [5.74, 6) is 0.537. The van der Waals surface area contributed by atoms with Gasteiger partial charge in [0.2, 0.25) is 0 Å². The Labute approximate surface area is 139 Å². The normalized spacial score (nSPS) is 11.3. The second-order valence-corrected chi connectivity index (χ2v) is 5.54. The molecule has 116 valence electrons. The highest BCUT2D eigenvalue weighted by atomic mass is 15.2. The minimum atomic E-state index is 0.537. The molecule has 2 aromatic carbocycles. The smallest absolute Gasteiger partial charge is 0.184 e. The van der Waals surface area contributed by atoms with Gasteiger partial charge in [0.1, 0.15) is 5.82 Å². The van der Waals surface area contributed by atoms with E-state index >= 15 is 0 Å². The van der Waals surface area contributed by atoms with Crippen molar-refractivity contribution >= 4 is 29.0 Å². The molecular formula is C20H16N4. The quantitative estimate of drug-likeness (QED) is 0.590. The van der Waals surface area contributed by atoms with Crippen LogP contribution in [0.2, 0.25) is 0 Å². The van der Waals surface area contributed by atoms with Crippen LogP contribution in [0.15, 0.2) is 66.7 Å². The molecule has 0 saturated heterocycles. The van der Waals surface area contributed by atoms with Gasteiger partial charge in [-0.1, -0.05) is 66.7 Å². The van der Waals surface area contributed by atoms with Crippen LogP contribution in [0.5, 0.6) is 0 Å². The lowest BCUT2D eigenvalue weighted by Gasteiger charge is -2.05. The first-order valence-electron chi connectivity index (χ1n) is 7.74. The van der Waals surface area contributed by atoms with Gasteiger partial charge in [0.05, 0.1) is 11.1 Å². The first kappa shape index (κ1) is 14.2. The molecule has 4 aromatic rings. The van der Waals surface area contributed by atoms with Gasteiger partial charge in [0, 0.05) is 0 Å². The lowest BCUT2D eigenvalue weighted by Crippen LogP contribution is -1.90. The van der Waals surface area contributed by atoms with E-state index in [9.17, 15) is 0 Å². The third kappa shape index (κ3) is 2.65. The molecule has 4 nitrogen and oxygen atoms in total. The van der Waals surface area contributed by atoms with Crippen LogP contribution < -0.4 is 5.73 Å². The highest BCUT2D eigenvalue weighted by molar-refractivity contribution is 6.00. The van der Waals surface area contributed by atoms with Gasteiger partial charge in [0.25, 0.3) is 0 Å². The number of hydrogen-bond acceptors (Lipinski definition) is 3. The molecule has 0 aliphatic rings. The number of aromatic amines is 1. The number of hydrogen-bond donors (Lipinski definition) is 2. The maximum Gasteiger partial charge on any atom is 0.184 e. The third-order valence-corrected chi connectivity index (χ3v) is 3.90. The van der Waals surface area contributed by atoms with Crippen LogP contribution in [0.4, 0.5) is 5.82 Å². The summed E-state index contributed by atoms with van der Waals surface area (Å²) < 4.78 is 0. The molecule has 24 heavy (non-hydrogen) atoms. The largest absolute Gasteiger partial charge is 0.383 e. The number of rotatable bonds is 3. The standard InChI is InChI=1S/C20H16N4/c21-19-18-17(15-9-5-2-6-10-15)13-16(22-20(18)24-23-19)12-11-14-7-3-1-4-8-14/h1-13H,(H3,21,22,23,24)/b12-11+. The average molecular weight is 312 g/mol. The highest BCUT2D eigenvalue weighted by Crippen LogP contribution is 2.31. The molecule has 4 heteroatoms. The van der Waals surface area contributed by atoms with Gasteiger partial charge >= 0.3 is 0 Å². The predicted molar refractivity (Wildman–Crippen MR) is 99.1 cm³/mol. The van der Waals surface area contributed by atoms with Crippen molar-refractivity contribution in [2.45, 2.75) is 0 Å². The number of fused-ring (bicyclic) bond motifs is 1. The second kappa shape index (κ2) is 6.01. The first-order valence-corrected chi connectivity index (χ1v) is 7.74. The molecular weight excluding hydrogens is 296 g/mol. The molecule has 0 radical (unpaired) electrons. The number of nitrogens with zero attached hydrogens (tertiary/aromatic N) is 2. The van der Waals surface area contributed by atoms with Crippen molar-refractivity contribution < 1.29 is 0 Å². The van der Waals surface area contributed by atoms with Crippen molar-refractivity contribution in [1.29, 1.82) is 0 Å². The molecule has 2 heterocycles. The van der Waals surface area contributed by atoms with E-state index in [0.717, 1.165) is 27.8 Å². The van der Waals surface area contributed by atoms with E-state index in [2.05, 4.69) is 39.4 Å². The zero-order valence-corrected chi connectivity index (χ0v) is 13.0. The average Bonchev–Trinajstić information content (AvgIpc) is 3.02. The molecule has 0 amide bonds. The van der Waals surface area contributed by atoms with Crippen molar-refractivity contribution in [1.82, 2.24) is 15.2 Å². The minimum absolute atomic E-state index is 0.537. The van der Waals surface area contributed by atoms with E-state index in [-0.39, 0.29) is 0 Å². The monoisotopic (exact) mass is 312 g/mol. The van der Waals surface area contributed by atoms with E-state index in [4.69, 9.17) is 5.73 Å². The molecule has 2 aromatic heterocycles. The Morgan fingerprint density at radius 1 is 0.875 bits per heavy atom. The second-order valence-electron chi connectivity index (χ2n) is 5.54. The Hall–Kier alpha value is -3.40. The van der Waals surface area contributed by atoms with Crippen LogP contribution in [0.25, 0.3) is 34.3 Å². The van der Waals surface area contributed by atoms with Crippen molar-refractivity contribution in [2.75, 3.05) is 5.73 Å². The number of nitrogens with two attached hydrogens (primary N) is 1. The first-order chi connectivity index (χ1) is 11.8. The Kier molecular flexibility index (Phi) is 3.56. The fraction of sp³-hybridized carbons (Fsp3) is 0. The molecule has 0 spiro atoms. The van der Waals surface area contributed by atoms with Gasteiger partial charge in [0.15, 0.2) is 5.65 Å². The van der Waals surface area contributed by atoms with Crippen LogP contribution in [0.3, 0.4) is 0 Å². The van der Waals surface area contributed by atoms with Crippen molar-refractivity contribution in [3.8, 4) is 11.1 Å². The molecule has 4 rings (SSSR count). The molecule has 3 N–H and O–H groups in total. The summed E-state index contributed by atoms with van der Waals surface area (Å²) >= 11 is 0. The van der Waals surface area contributed by atoms with Crippen molar-refractivity contribution in [2.24, 2.45) is 0 Å². The topological polar surface area (TPSA) is 67.6 Å². The Balaban J connectivity index is 1.85. The van der Waals surface area contributed by atoms with Crippen molar-refractivity contribution in [3.05, 3.63) is 78.0 Å². The summed E-state index contributed by atoms with van der Waals surface area (Å²) in [4.78, 5) is 4.59. The number of H-pyrrole nitrogens is 1. The van der Waals surface area contributed by atoms with Crippen molar-refractivity contribution in [3.63, 3.8) is 0 Å². The molecule has 0 aliphatic heterocycles. The summed E-state index contributed by atoms with van der Waals surface area (Å²) in [6.45, 7) is 0. The highest BCUT2D eigenvalue weighted by Gasteiger charge is 2.12. The Morgan fingerprint density at radius 3 is 2.33 bits per heavy atom. The summed E-state index contributed by atoms with van der Waals surface area (Å²) in [7, 11) is 0. The van der Waals surface area contributed by atoms with Crippen LogP contribution in [0, 0.1) is 0 Å².